The van der Waals surface area contributed by atoms with Crippen LogP contribution in [0.1, 0.15) is 22.8 Å². The summed E-state index contributed by atoms with van der Waals surface area (Å²) in [5.41, 5.74) is 1.55. The summed E-state index contributed by atoms with van der Waals surface area (Å²) < 4.78 is 14.7. The van der Waals surface area contributed by atoms with Crippen molar-refractivity contribution in [3.8, 4) is 16.9 Å². The van der Waals surface area contributed by atoms with E-state index in [1.165, 1.54) is 37.3 Å². The highest BCUT2D eigenvalue weighted by Crippen LogP contribution is 2.18. The molecule has 1 heterocycles. The zero-order chi connectivity index (χ0) is 20.3. The molecule has 2 N–H and O–H groups in total. The molecule has 1 aromatic heterocycles. The number of rotatable bonds is 5. The monoisotopic (exact) mass is 381 g/mol. The summed E-state index contributed by atoms with van der Waals surface area (Å²) in [6.07, 6.45) is -0.757. The molecule has 0 aliphatic rings. The second-order valence-corrected chi connectivity index (χ2v) is 6.57. The van der Waals surface area contributed by atoms with Gasteiger partial charge in [0.25, 0.3) is 11.5 Å². The third-order valence-corrected chi connectivity index (χ3v) is 4.11. The van der Waals surface area contributed by atoms with E-state index in [4.69, 9.17) is 0 Å². The predicted octanol–water partition coefficient (Wildman–Crippen LogP) is 2.46. The standard InChI is InChI=1S/C21H20FN3O3/c1-13-6-8-15(9-7-13)19-11-18(20(27)23-12-14(2)26)21(28)25(24-19)17-5-3-4-16(22)10-17/h3-11,14,26H,12H2,1-2H3,(H,23,27). The van der Waals surface area contributed by atoms with Crippen molar-refractivity contribution < 1.29 is 14.3 Å². The highest BCUT2D eigenvalue weighted by molar-refractivity contribution is 5.94. The average molecular weight is 381 g/mol. The van der Waals surface area contributed by atoms with Gasteiger partial charge in [0.05, 0.1) is 17.5 Å². The van der Waals surface area contributed by atoms with Crippen LogP contribution in [0.2, 0.25) is 0 Å². The summed E-state index contributed by atoms with van der Waals surface area (Å²) in [5, 5.41) is 16.2. The predicted molar refractivity (Wildman–Crippen MR) is 104 cm³/mol. The summed E-state index contributed by atoms with van der Waals surface area (Å²) in [5.74, 6) is -1.15. The molecule has 2 aromatic carbocycles. The molecule has 3 aromatic rings. The smallest absolute Gasteiger partial charge is 0.284 e. The highest BCUT2D eigenvalue weighted by atomic mass is 19.1. The van der Waals surface area contributed by atoms with Crippen molar-refractivity contribution in [2.45, 2.75) is 20.0 Å². The van der Waals surface area contributed by atoms with Crippen molar-refractivity contribution >= 4 is 5.91 Å². The normalized spacial score (nSPS) is 11.9. The Morgan fingerprint density at radius 1 is 1.21 bits per heavy atom. The van der Waals surface area contributed by atoms with E-state index in [1.807, 2.05) is 31.2 Å². The van der Waals surface area contributed by atoms with E-state index in [-0.39, 0.29) is 17.8 Å². The van der Waals surface area contributed by atoms with Crippen molar-refractivity contribution in [3.63, 3.8) is 0 Å². The summed E-state index contributed by atoms with van der Waals surface area (Å²) in [6.45, 7) is 3.47. The van der Waals surface area contributed by atoms with Crippen LogP contribution >= 0.6 is 0 Å². The Balaban J connectivity index is 2.17. The Hall–Kier alpha value is -3.32. The van der Waals surface area contributed by atoms with Crippen molar-refractivity contribution in [1.29, 1.82) is 0 Å². The molecule has 1 unspecified atom stereocenters. The number of halogens is 1. The maximum absolute atomic E-state index is 13.7. The first-order valence-electron chi connectivity index (χ1n) is 8.79. The second-order valence-electron chi connectivity index (χ2n) is 6.57. The van der Waals surface area contributed by atoms with Gasteiger partial charge in [-0.1, -0.05) is 35.9 Å². The first kappa shape index (κ1) is 19.4. The van der Waals surface area contributed by atoms with E-state index in [9.17, 15) is 19.1 Å². The van der Waals surface area contributed by atoms with Gasteiger partial charge in [-0.05, 0) is 38.1 Å². The van der Waals surface area contributed by atoms with E-state index in [1.54, 1.807) is 0 Å². The molecule has 1 amide bonds. The first-order valence-corrected chi connectivity index (χ1v) is 8.79. The van der Waals surface area contributed by atoms with Crippen LogP contribution in [0.4, 0.5) is 4.39 Å². The van der Waals surface area contributed by atoms with Gasteiger partial charge < -0.3 is 10.4 Å². The lowest BCUT2D eigenvalue weighted by Crippen LogP contribution is -2.36. The topological polar surface area (TPSA) is 84.2 Å². The number of aliphatic hydroxyl groups excluding tert-OH is 1. The lowest BCUT2D eigenvalue weighted by molar-refractivity contribution is 0.0922. The lowest BCUT2D eigenvalue weighted by atomic mass is 10.1. The maximum Gasteiger partial charge on any atom is 0.284 e. The molecule has 1 atom stereocenters. The van der Waals surface area contributed by atoms with Gasteiger partial charge in [-0.15, -0.1) is 0 Å². The Kier molecular flexibility index (Phi) is 5.65. The number of aryl methyl sites for hydroxylation is 1. The number of nitrogens with one attached hydrogen (secondary N) is 1. The lowest BCUT2D eigenvalue weighted by Gasteiger charge is -2.12. The van der Waals surface area contributed by atoms with Gasteiger partial charge >= 0.3 is 0 Å². The molecule has 0 bridgehead atoms. The van der Waals surface area contributed by atoms with Crippen molar-refractivity contribution in [1.82, 2.24) is 15.1 Å². The molecule has 6 nitrogen and oxygen atoms in total. The van der Waals surface area contributed by atoms with Crippen molar-refractivity contribution in [2.24, 2.45) is 0 Å². The highest BCUT2D eigenvalue weighted by Gasteiger charge is 2.18. The number of carbonyl (C=O) groups is 1. The Morgan fingerprint density at radius 3 is 2.57 bits per heavy atom. The third-order valence-electron chi connectivity index (χ3n) is 4.11. The molecule has 0 aliphatic heterocycles. The molecule has 0 saturated carbocycles. The number of carbonyl (C=O) groups excluding carboxylic acids is 1. The fraction of sp³-hybridized carbons (Fsp3) is 0.190. The van der Waals surface area contributed by atoms with Gasteiger partial charge in [0, 0.05) is 12.1 Å². The summed E-state index contributed by atoms with van der Waals surface area (Å²) >= 11 is 0. The molecule has 0 aliphatic carbocycles. The van der Waals surface area contributed by atoms with E-state index in [0.717, 1.165) is 10.2 Å². The minimum atomic E-state index is -0.757. The van der Waals surface area contributed by atoms with Crippen LogP contribution in [0.25, 0.3) is 16.9 Å². The Bertz CT molecular complexity index is 1060. The number of hydrogen-bond acceptors (Lipinski definition) is 4. The maximum atomic E-state index is 13.7. The van der Waals surface area contributed by atoms with Crippen LogP contribution in [0.3, 0.4) is 0 Å². The van der Waals surface area contributed by atoms with Crippen LogP contribution in [0.5, 0.6) is 0 Å². The minimum absolute atomic E-state index is 0.000423. The van der Waals surface area contributed by atoms with Gasteiger partial charge in [0.1, 0.15) is 11.4 Å². The molecule has 28 heavy (non-hydrogen) atoms. The molecule has 0 radical (unpaired) electrons. The molecule has 0 saturated heterocycles. The van der Waals surface area contributed by atoms with Crippen LogP contribution < -0.4 is 10.9 Å². The third kappa shape index (κ3) is 4.32. The molecular weight excluding hydrogens is 361 g/mol. The van der Waals surface area contributed by atoms with E-state index in [0.29, 0.717) is 11.3 Å². The van der Waals surface area contributed by atoms with Gasteiger partial charge in [-0.25, -0.2) is 4.39 Å². The number of hydrogen-bond donors (Lipinski definition) is 2. The largest absolute Gasteiger partial charge is 0.392 e. The van der Waals surface area contributed by atoms with Crippen LogP contribution in [0.15, 0.2) is 59.4 Å². The summed E-state index contributed by atoms with van der Waals surface area (Å²) in [6, 6.07) is 14.3. The molecule has 144 valence electrons. The molecule has 0 fully saturated rings. The molecule has 3 rings (SSSR count). The molecule has 0 spiro atoms. The average Bonchev–Trinajstić information content (AvgIpc) is 2.67. The number of nitrogens with zero attached hydrogens (tertiary/aromatic N) is 2. The van der Waals surface area contributed by atoms with Gasteiger partial charge in [-0.2, -0.15) is 9.78 Å². The van der Waals surface area contributed by atoms with Crippen molar-refractivity contribution in [2.75, 3.05) is 6.54 Å². The van der Waals surface area contributed by atoms with Crippen LogP contribution in [-0.2, 0) is 0 Å². The van der Waals surface area contributed by atoms with E-state index >= 15 is 0 Å². The number of amides is 1. The second kappa shape index (κ2) is 8.14. The van der Waals surface area contributed by atoms with Gasteiger partial charge in [0.2, 0.25) is 0 Å². The Labute approximate surface area is 161 Å². The zero-order valence-electron chi connectivity index (χ0n) is 15.5. The summed E-state index contributed by atoms with van der Waals surface area (Å²) in [7, 11) is 0. The van der Waals surface area contributed by atoms with Crippen LogP contribution in [0, 0.1) is 12.7 Å². The number of aromatic nitrogens is 2. The van der Waals surface area contributed by atoms with Crippen LogP contribution in [-0.4, -0.2) is 33.4 Å². The molecular formula is C21H20FN3O3. The fourth-order valence-corrected chi connectivity index (χ4v) is 2.64. The van der Waals surface area contributed by atoms with E-state index < -0.39 is 23.4 Å². The quantitative estimate of drug-likeness (QED) is 0.711. The minimum Gasteiger partial charge on any atom is -0.392 e. The van der Waals surface area contributed by atoms with Gasteiger partial charge in [0.15, 0.2) is 0 Å². The fourth-order valence-electron chi connectivity index (χ4n) is 2.64. The SMILES string of the molecule is Cc1ccc(-c2cc(C(=O)NCC(C)O)c(=O)n(-c3cccc(F)c3)n2)cc1. The Morgan fingerprint density at radius 2 is 1.93 bits per heavy atom. The number of aliphatic hydroxyl groups is 1. The van der Waals surface area contributed by atoms with Gasteiger partial charge in [-0.3, -0.25) is 9.59 Å². The number of benzene rings is 2. The van der Waals surface area contributed by atoms with Crippen molar-refractivity contribution in [3.05, 3.63) is 81.9 Å². The summed E-state index contributed by atoms with van der Waals surface area (Å²) in [4.78, 5) is 25.4. The zero-order valence-corrected chi connectivity index (χ0v) is 15.5. The first-order chi connectivity index (χ1) is 13.3. The van der Waals surface area contributed by atoms with E-state index in [2.05, 4.69) is 10.4 Å². The molecule has 7 heteroatoms.